The van der Waals surface area contributed by atoms with Gasteiger partial charge in [0.1, 0.15) is 16.5 Å². The molecule has 0 unspecified atom stereocenters. The van der Waals surface area contributed by atoms with E-state index in [-0.39, 0.29) is 0 Å². The zero-order chi connectivity index (χ0) is 20.5. The van der Waals surface area contributed by atoms with Gasteiger partial charge >= 0.3 is 0 Å². The molecule has 0 radical (unpaired) electrons. The highest BCUT2D eigenvalue weighted by atomic mass is 32.1. The zero-order valence-electron chi connectivity index (χ0n) is 17.8. The van der Waals surface area contributed by atoms with Crippen LogP contribution in [0, 0.1) is 13.8 Å². The summed E-state index contributed by atoms with van der Waals surface area (Å²) in [5.41, 5.74) is 2.63. The van der Waals surface area contributed by atoms with Gasteiger partial charge in [0.15, 0.2) is 0 Å². The van der Waals surface area contributed by atoms with Crippen molar-refractivity contribution >= 4 is 33.1 Å². The molecule has 0 amide bonds. The summed E-state index contributed by atoms with van der Waals surface area (Å²) in [5, 5.41) is 1.25. The van der Waals surface area contributed by atoms with Crippen molar-refractivity contribution in [3.63, 3.8) is 0 Å². The lowest BCUT2D eigenvalue weighted by Crippen LogP contribution is -2.47. The second-order valence-corrected chi connectivity index (χ2v) is 9.33. The van der Waals surface area contributed by atoms with E-state index in [0.29, 0.717) is 0 Å². The first-order chi connectivity index (χ1) is 14.7. The largest absolute Gasteiger partial charge is 0.379 e. The Morgan fingerprint density at radius 1 is 0.900 bits per heavy atom. The number of para-hydroxylation sites is 1. The van der Waals surface area contributed by atoms with Crippen LogP contribution in [0.1, 0.15) is 16.3 Å². The van der Waals surface area contributed by atoms with Crippen molar-refractivity contribution in [2.75, 3.05) is 62.3 Å². The van der Waals surface area contributed by atoms with Gasteiger partial charge in [-0.25, -0.2) is 9.97 Å². The van der Waals surface area contributed by atoms with Crippen molar-refractivity contribution < 1.29 is 4.74 Å². The van der Waals surface area contributed by atoms with Gasteiger partial charge in [-0.05, 0) is 31.5 Å². The number of aromatic nitrogens is 2. The molecule has 0 spiro atoms. The number of nitrogens with zero attached hydrogens (tertiary/aromatic N) is 5. The predicted octanol–water partition coefficient (Wildman–Crippen LogP) is 3.47. The Morgan fingerprint density at radius 2 is 1.60 bits per heavy atom. The molecule has 0 aliphatic carbocycles. The maximum Gasteiger partial charge on any atom is 0.146 e. The number of aryl methyl sites for hydroxylation is 2. The SMILES string of the molecule is Cc1sc2nc(CN3CCOCC3)nc(N3CCN(c4ccccc4)CC3)c2c1C. The maximum atomic E-state index is 5.50. The third kappa shape index (κ3) is 3.89. The number of hydrogen-bond acceptors (Lipinski definition) is 7. The molecule has 7 heteroatoms. The molecule has 0 atom stereocenters. The summed E-state index contributed by atoms with van der Waals surface area (Å²) >= 11 is 1.80. The summed E-state index contributed by atoms with van der Waals surface area (Å²) in [6, 6.07) is 10.7. The number of fused-ring (bicyclic) bond motifs is 1. The topological polar surface area (TPSA) is 44.7 Å². The second-order valence-electron chi connectivity index (χ2n) is 8.13. The Labute approximate surface area is 182 Å². The van der Waals surface area contributed by atoms with Crippen LogP contribution in [-0.4, -0.2) is 67.4 Å². The van der Waals surface area contributed by atoms with E-state index in [0.717, 1.165) is 75.5 Å². The molecular formula is C23H29N5OS. The number of ether oxygens (including phenoxy) is 1. The van der Waals surface area contributed by atoms with E-state index in [1.54, 1.807) is 11.3 Å². The average Bonchev–Trinajstić information content (AvgIpc) is 3.08. The van der Waals surface area contributed by atoms with Crippen LogP contribution < -0.4 is 9.80 Å². The third-order valence-corrected chi connectivity index (χ3v) is 7.33. The van der Waals surface area contributed by atoms with Crippen molar-refractivity contribution in [1.82, 2.24) is 14.9 Å². The van der Waals surface area contributed by atoms with Crippen molar-refractivity contribution in [3.05, 3.63) is 46.6 Å². The molecule has 2 aromatic heterocycles. The molecule has 6 nitrogen and oxygen atoms in total. The van der Waals surface area contributed by atoms with E-state index >= 15 is 0 Å². The van der Waals surface area contributed by atoms with Crippen molar-refractivity contribution in [2.24, 2.45) is 0 Å². The quantitative estimate of drug-likeness (QED) is 0.640. The second kappa shape index (κ2) is 8.49. The Hall–Kier alpha value is -2.22. The molecule has 2 saturated heterocycles. The van der Waals surface area contributed by atoms with Gasteiger partial charge in [-0.15, -0.1) is 11.3 Å². The molecule has 1 aromatic carbocycles. The first-order valence-corrected chi connectivity index (χ1v) is 11.6. The fourth-order valence-corrected chi connectivity index (χ4v) is 5.39. The van der Waals surface area contributed by atoms with Crippen LogP contribution in [0.5, 0.6) is 0 Å². The molecule has 2 fully saturated rings. The number of anilines is 2. The van der Waals surface area contributed by atoms with Crippen LogP contribution in [-0.2, 0) is 11.3 Å². The Morgan fingerprint density at radius 3 is 2.33 bits per heavy atom. The van der Waals surface area contributed by atoms with Crippen LogP contribution in [0.15, 0.2) is 30.3 Å². The van der Waals surface area contributed by atoms with Gasteiger partial charge in [-0.1, -0.05) is 18.2 Å². The summed E-state index contributed by atoms with van der Waals surface area (Å²) in [7, 11) is 0. The number of hydrogen-bond donors (Lipinski definition) is 0. The molecule has 30 heavy (non-hydrogen) atoms. The van der Waals surface area contributed by atoms with Crippen LogP contribution in [0.25, 0.3) is 10.2 Å². The standard InChI is InChI=1S/C23H29N5OS/c1-17-18(2)30-23-21(17)22(24-20(25-23)16-26-12-14-29-15-13-26)28-10-8-27(9-11-28)19-6-4-3-5-7-19/h3-7H,8-16H2,1-2H3. The first kappa shape index (κ1) is 19.7. The molecule has 2 aliphatic heterocycles. The van der Waals surface area contributed by atoms with Gasteiger partial charge in [-0.3, -0.25) is 4.90 Å². The van der Waals surface area contributed by atoms with E-state index in [9.17, 15) is 0 Å². The van der Waals surface area contributed by atoms with Gasteiger partial charge in [0, 0.05) is 49.8 Å². The minimum Gasteiger partial charge on any atom is -0.379 e. The van der Waals surface area contributed by atoms with E-state index in [1.807, 2.05) is 0 Å². The minimum atomic E-state index is 0.798. The van der Waals surface area contributed by atoms with Gasteiger partial charge < -0.3 is 14.5 Å². The summed E-state index contributed by atoms with van der Waals surface area (Å²) in [6.07, 6.45) is 0. The van der Waals surface area contributed by atoms with Crippen LogP contribution in [0.4, 0.5) is 11.5 Å². The summed E-state index contributed by atoms with van der Waals surface area (Å²) < 4.78 is 5.50. The highest BCUT2D eigenvalue weighted by Gasteiger charge is 2.24. The molecule has 158 valence electrons. The fraction of sp³-hybridized carbons (Fsp3) is 0.478. The molecule has 4 heterocycles. The minimum absolute atomic E-state index is 0.798. The predicted molar refractivity (Wildman–Crippen MR) is 124 cm³/mol. The van der Waals surface area contributed by atoms with Gasteiger partial charge in [0.25, 0.3) is 0 Å². The molecule has 0 bridgehead atoms. The molecule has 2 aliphatic rings. The number of thiophene rings is 1. The summed E-state index contributed by atoms with van der Waals surface area (Å²) in [5.74, 6) is 2.06. The lowest BCUT2D eigenvalue weighted by atomic mass is 10.2. The molecule has 5 rings (SSSR count). The fourth-order valence-electron chi connectivity index (χ4n) is 4.35. The lowest BCUT2D eigenvalue weighted by Gasteiger charge is -2.37. The maximum absolute atomic E-state index is 5.50. The van der Waals surface area contributed by atoms with E-state index in [4.69, 9.17) is 14.7 Å². The Bertz CT molecular complexity index is 1010. The van der Waals surface area contributed by atoms with Gasteiger partial charge in [0.2, 0.25) is 0 Å². The number of piperazine rings is 1. The van der Waals surface area contributed by atoms with E-state index in [1.165, 1.54) is 21.5 Å². The number of rotatable bonds is 4. The van der Waals surface area contributed by atoms with Crippen molar-refractivity contribution in [1.29, 1.82) is 0 Å². The molecular weight excluding hydrogens is 394 g/mol. The van der Waals surface area contributed by atoms with E-state index < -0.39 is 0 Å². The van der Waals surface area contributed by atoms with E-state index in [2.05, 4.69) is 58.9 Å². The average molecular weight is 424 g/mol. The Kier molecular flexibility index (Phi) is 5.58. The van der Waals surface area contributed by atoms with Crippen LogP contribution >= 0.6 is 11.3 Å². The smallest absolute Gasteiger partial charge is 0.146 e. The molecule has 0 saturated carbocycles. The van der Waals surface area contributed by atoms with Gasteiger partial charge in [0.05, 0.1) is 25.1 Å². The lowest BCUT2D eigenvalue weighted by molar-refractivity contribution is 0.0331. The monoisotopic (exact) mass is 423 g/mol. The van der Waals surface area contributed by atoms with Crippen LogP contribution in [0.2, 0.25) is 0 Å². The summed E-state index contributed by atoms with van der Waals surface area (Å²) in [4.78, 5) is 19.9. The number of benzene rings is 1. The Balaban J connectivity index is 1.42. The van der Waals surface area contributed by atoms with Crippen molar-refractivity contribution in [3.8, 4) is 0 Å². The summed E-state index contributed by atoms with van der Waals surface area (Å²) in [6.45, 7) is 12.7. The normalized spacial score (nSPS) is 18.3. The highest BCUT2D eigenvalue weighted by Crippen LogP contribution is 2.35. The van der Waals surface area contributed by atoms with Crippen molar-refractivity contribution in [2.45, 2.75) is 20.4 Å². The number of morpholine rings is 1. The zero-order valence-corrected chi connectivity index (χ0v) is 18.6. The first-order valence-electron chi connectivity index (χ1n) is 10.8. The van der Waals surface area contributed by atoms with Crippen LogP contribution in [0.3, 0.4) is 0 Å². The third-order valence-electron chi connectivity index (χ3n) is 6.23. The molecule has 0 N–H and O–H groups in total. The van der Waals surface area contributed by atoms with Gasteiger partial charge in [-0.2, -0.15) is 0 Å². The molecule has 3 aromatic rings. The highest BCUT2D eigenvalue weighted by molar-refractivity contribution is 7.18.